The van der Waals surface area contributed by atoms with E-state index in [1.807, 2.05) is 6.92 Å². The number of benzene rings is 1. The first-order valence-electron chi connectivity index (χ1n) is 6.73. The molecule has 21 heavy (non-hydrogen) atoms. The van der Waals surface area contributed by atoms with Gasteiger partial charge in [-0.05, 0) is 50.1 Å². The number of hydrogen-bond donors (Lipinski definition) is 2. The molecular weight excluding hydrogens is 290 g/mol. The minimum Gasteiger partial charge on any atom is -0.330 e. The summed E-state index contributed by atoms with van der Waals surface area (Å²) >= 11 is 5.88. The molecule has 112 valence electrons. The van der Waals surface area contributed by atoms with E-state index >= 15 is 0 Å². The van der Waals surface area contributed by atoms with Gasteiger partial charge in [0.15, 0.2) is 0 Å². The van der Waals surface area contributed by atoms with Crippen molar-refractivity contribution in [1.29, 1.82) is 0 Å². The zero-order valence-corrected chi connectivity index (χ0v) is 12.6. The molecule has 0 unspecified atom stereocenters. The third kappa shape index (κ3) is 4.54. The molecule has 2 rings (SSSR count). The van der Waals surface area contributed by atoms with Gasteiger partial charge in [0.05, 0.1) is 5.69 Å². The molecule has 0 fully saturated rings. The van der Waals surface area contributed by atoms with E-state index in [1.54, 1.807) is 24.4 Å². The molecular formula is C14H18ClN5O. The van der Waals surface area contributed by atoms with Crippen molar-refractivity contribution in [3.8, 4) is 0 Å². The fraction of sp³-hybridized carbons (Fsp3) is 0.357. The number of halogens is 1. The number of aryl methyl sites for hydroxylation is 2. The van der Waals surface area contributed by atoms with Crippen molar-refractivity contribution in [3.63, 3.8) is 0 Å². The van der Waals surface area contributed by atoms with Crippen LogP contribution in [0.4, 0.5) is 5.69 Å². The summed E-state index contributed by atoms with van der Waals surface area (Å²) in [5.74, 6) is -0.157. The summed E-state index contributed by atoms with van der Waals surface area (Å²) in [7, 11) is 0. The van der Waals surface area contributed by atoms with Crippen LogP contribution < -0.4 is 11.1 Å². The van der Waals surface area contributed by atoms with Gasteiger partial charge in [0.1, 0.15) is 6.54 Å². The molecule has 1 heterocycles. The summed E-state index contributed by atoms with van der Waals surface area (Å²) < 4.78 is 1.52. The Hall–Kier alpha value is -1.92. The minimum atomic E-state index is -0.157. The standard InChI is InChI=1S/C14H18ClN5O/c1-10-7-11(15)4-5-13(10)17-14(21)9-20-8-12(18-19-20)3-2-6-16/h4-5,7-8H,2-3,6,9,16H2,1H3,(H,17,21). The van der Waals surface area contributed by atoms with Crippen molar-refractivity contribution in [2.45, 2.75) is 26.3 Å². The predicted molar refractivity (Wildman–Crippen MR) is 82.2 cm³/mol. The predicted octanol–water partition coefficient (Wildman–Crippen LogP) is 1.77. The SMILES string of the molecule is Cc1cc(Cl)ccc1NC(=O)Cn1cc(CCCN)nn1. The lowest BCUT2D eigenvalue weighted by atomic mass is 10.2. The Morgan fingerprint density at radius 1 is 1.48 bits per heavy atom. The van der Waals surface area contributed by atoms with Gasteiger partial charge in [0.2, 0.25) is 5.91 Å². The van der Waals surface area contributed by atoms with Crippen LogP contribution in [-0.4, -0.2) is 27.4 Å². The van der Waals surface area contributed by atoms with Crippen molar-refractivity contribution < 1.29 is 4.79 Å². The van der Waals surface area contributed by atoms with Gasteiger partial charge in [0, 0.05) is 16.9 Å². The lowest BCUT2D eigenvalue weighted by molar-refractivity contribution is -0.116. The lowest BCUT2D eigenvalue weighted by Gasteiger charge is -2.08. The number of carbonyl (C=O) groups excluding carboxylic acids is 1. The molecule has 1 aromatic heterocycles. The molecule has 0 bridgehead atoms. The third-order valence-corrected chi connectivity index (χ3v) is 3.23. The highest BCUT2D eigenvalue weighted by molar-refractivity contribution is 6.30. The molecule has 1 amide bonds. The summed E-state index contributed by atoms with van der Waals surface area (Å²) in [6.07, 6.45) is 3.40. The first-order chi connectivity index (χ1) is 10.1. The molecule has 6 nitrogen and oxygen atoms in total. The number of nitrogens with one attached hydrogen (secondary N) is 1. The van der Waals surface area contributed by atoms with Crippen molar-refractivity contribution in [1.82, 2.24) is 15.0 Å². The highest BCUT2D eigenvalue weighted by Crippen LogP contribution is 2.19. The van der Waals surface area contributed by atoms with Gasteiger partial charge in [-0.2, -0.15) is 0 Å². The van der Waals surface area contributed by atoms with Crippen molar-refractivity contribution in [2.24, 2.45) is 5.73 Å². The molecule has 0 radical (unpaired) electrons. The molecule has 7 heteroatoms. The van der Waals surface area contributed by atoms with E-state index in [-0.39, 0.29) is 12.5 Å². The third-order valence-electron chi connectivity index (χ3n) is 2.99. The number of carbonyl (C=O) groups is 1. The van der Waals surface area contributed by atoms with Crippen LogP contribution in [0.2, 0.25) is 5.02 Å². The van der Waals surface area contributed by atoms with Gasteiger partial charge >= 0.3 is 0 Å². The maximum Gasteiger partial charge on any atom is 0.246 e. The highest BCUT2D eigenvalue weighted by Gasteiger charge is 2.08. The van der Waals surface area contributed by atoms with Crippen LogP contribution >= 0.6 is 11.6 Å². The first kappa shape index (κ1) is 15.5. The molecule has 0 aliphatic heterocycles. The molecule has 0 saturated carbocycles. The van der Waals surface area contributed by atoms with E-state index in [2.05, 4.69) is 15.6 Å². The number of hydrogen-bond acceptors (Lipinski definition) is 4. The summed E-state index contributed by atoms with van der Waals surface area (Å²) in [6, 6.07) is 5.33. The van der Waals surface area contributed by atoms with Crippen LogP contribution in [0.25, 0.3) is 0 Å². The second-order valence-corrected chi connectivity index (χ2v) is 5.24. The van der Waals surface area contributed by atoms with Gasteiger partial charge < -0.3 is 11.1 Å². The van der Waals surface area contributed by atoms with Gasteiger partial charge in [-0.3, -0.25) is 4.79 Å². The number of nitrogens with zero attached hydrogens (tertiary/aromatic N) is 3. The Balaban J connectivity index is 1.93. The molecule has 0 aliphatic carbocycles. The normalized spacial score (nSPS) is 10.6. The van der Waals surface area contributed by atoms with Gasteiger partial charge in [0.25, 0.3) is 0 Å². The lowest BCUT2D eigenvalue weighted by Crippen LogP contribution is -2.19. The maximum absolute atomic E-state index is 12.0. The molecule has 0 saturated heterocycles. The van der Waals surface area contributed by atoms with Gasteiger partial charge in [-0.25, -0.2) is 4.68 Å². The van der Waals surface area contributed by atoms with E-state index in [0.29, 0.717) is 11.6 Å². The fourth-order valence-electron chi connectivity index (χ4n) is 1.92. The molecule has 1 aromatic carbocycles. The van der Waals surface area contributed by atoms with Gasteiger partial charge in [-0.1, -0.05) is 16.8 Å². The second kappa shape index (κ2) is 7.19. The van der Waals surface area contributed by atoms with E-state index in [0.717, 1.165) is 29.8 Å². The summed E-state index contributed by atoms with van der Waals surface area (Å²) in [5.41, 5.74) is 7.95. The summed E-state index contributed by atoms with van der Waals surface area (Å²) in [5, 5.41) is 11.4. The number of nitrogens with two attached hydrogens (primary N) is 1. The van der Waals surface area contributed by atoms with Crippen molar-refractivity contribution in [2.75, 3.05) is 11.9 Å². The molecule has 3 N–H and O–H groups in total. The number of aromatic nitrogens is 3. The zero-order chi connectivity index (χ0) is 15.2. The molecule has 0 spiro atoms. The highest BCUT2D eigenvalue weighted by atomic mass is 35.5. The largest absolute Gasteiger partial charge is 0.330 e. The summed E-state index contributed by atoms with van der Waals surface area (Å²) in [6.45, 7) is 2.63. The van der Waals surface area contributed by atoms with Crippen LogP contribution in [0, 0.1) is 6.92 Å². The second-order valence-electron chi connectivity index (χ2n) is 4.81. The Morgan fingerprint density at radius 3 is 3.00 bits per heavy atom. The van der Waals surface area contributed by atoms with Crippen LogP contribution in [0.15, 0.2) is 24.4 Å². The van der Waals surface area contributed by atoms with E-state index in [1.165, 1.54) is 4.68 Å². The first-order valence-corrected chi connectivity index (χ1v) is 7.11. The Morgan fingerprint density at radius 2 is 2.29 bits per heavy atom. The average molecular weight is 308 g/mol. The number of amides is 1. The zero-order valence-electron chi connectivity index (χ0n) is 11.8. The van der Waals surface area contributed by atoms with E-state index in [9.17, 15) is 4.79 Å². The molecule has 2 aromatic rings. The van der Waals surface area contributed by atoms with Crippen LogP contribution in [0.1, 0.15) is 17.7 Å². The monoisotopic (exact) mass is 307 g/mol. The van der Waals surface area contributed by atoms with Crippen LogP contribution in [0.5, 0.6) is 0 Å². The van der Waals surface area contributed by atoms with E-state index in [4.69, 9.17) is 17.3 Å². The maximum atomic E-state index is 12.0. The van der Waals surface area contributed by atoms with Gasteiger partial charge in [-0.15, -0.1) is 5.10 Å². The van der Waals surface area contributed by atoms with E-state index < -0.39 is 0 Å². The fourth-order valence-corrected chi connectivity index (χ4v) is 2.14. The molecule has 0 aliphatic rings. The Kier molecular flexibility index (Phi) is 5.30. The average Bonchev–Trinajstić information content (AvgIpc) is 2.87. The number of anilines is 1. The van der Waals surface area contributed by atoms with Crippen molar-refractivity contribution >= 4 is 23.2 Å². The van der Waals surface area contributed by atoms with Crippen molar-refractivity contribution in [3.05, 3.63) is 40.7 Å². The Bertz CT molecular complexity index is 626. The Labute approximate surface area is 128 Å². The summed E-state index contributed by atoms with van der Waals surface area (Å²) in [4.78, 5) is 12.0. The smallest absolute Gasteiger partial charge is 0.246 e. The number of rotatable bonds is 6. The minimum absolute atomic E-state index is 0.123. The van der Waals surface area contributed by atoms with Crippen LogP contribution in [0.3, 0.4) is 0 Å². The quantitative estimate of drug-likeness (QED) is 0.851. The van der Waals surface area contributed by atoms with Crippen LogP contribution in [-0.2, 0) is 17.8 Å². The topological polar surface area (TPSA) is 85.8 Å². The molecule has 0 atom stereocenters.